The number of anilines is 2. The molecule has 1 saturated heterocycles. The molecular weight excluding hydrogens is 474 g/mol. The quantitative estimate of drug-likeness (QED) is 0.467. The molecule has 7 nitrogen and oxygen atoms in total. The van der Waals surface area contributed by atoms with Crippen LogP contribution in [0.15, 0.2) is 30.3 Å². The lowest BCUT2D eigenvalue weighted by Gasteiger charge is -2.29. The van der Waals surface area contributed by atoms with Crippen molar-refractivity contribution in [2.24, 2.45) is 0 Å². The summed E-state index contributed by atoms with van der Waals surface area (Å²) in [5.41, 5.74) is 1.37. The van der Waals surface area contributed by atoms with Crippen LogP contribution in [0.1, 0.15) is 6.42 Å². The molecule has 1 unspecified atom stereocenters. The van der Waals surface area contributed by atoms with Crippen LogP contribution < -0.4 is 14.4 Å². The van der Waals surface area contributed by atoms with Gasteiger partial charge in [-0.25, -0.2) is 13.6 Å². The lowest BCUT2D eigenvalue weighted by molar-refractivity contribution is 0.122. The Bertz CT molecular complexity index is 1180. The van der Waals surface area contributed by atoms with Crippen molar-refractivity contribution in [3.63, 3.8) is 0 Å². The van der Waals surface area contributed by atoms with Gasteiger partial charge in [-0.3, -0.25) is 4.39 Å². The van der Waals surface area contributed by atoms with E-state index in [4.69, 9.17) is 21.1 Å². The summed E-state index contributed by atoms with van der Waals surface area (Å²) in [6.07, 6.45) is 0.131. The molecule has 1 fully saturated rings. The number of hydrogen-bond acceptors (Lipinski definition) is 6. The Morgan fingerprint density at radius 2 is 2.03 bits per heavy atom. The minimum Gasteiger partial charge on any atom is -0.496 e. The maximum Gasteiger partial charge on any atom is 0.224 e. The van der Waals surface area contributed by atoms with Crippen LogP contribution in [-0.2, 0) is 15.7 Å². The lowest BCUT2D eigenvalue weighted by Crippen LogP contribution is -2.37. The molecule has 0 aliphatic carbocycles. The molecule has 2 heterocycles. The number of rotatable bonds is 8. The molecular formula is C22H23ClF2N4O3S. The van der Waals surface area contributed by atoms with Gasteiger partial charge in [-0.15, -0.1) is 0 Å². The minimum absolute atomic E-state index is 0.0626. The van der Waals surface area contributed by atoms with Crippen molar-refractivity contribution < 1.29 is 22.5 Å². The van der Waals surface area contributed by atoms with Crippen LogP contribution in [-0.4, -0.2) is 60.0 Å². The van der Waals surface area contributed by atoms with E-state index in [9.17, 15) is 8.60 Å². The van der Waals surface area contributed by atoms with E-state index in [1.54, 1.807) is 24.3 Å². The number of alkyl halides is 1. The molecule has 11 heteroatoms. The number of aromatic nitrogens is 2. The highest BCUT2D eigenvalue weighted by Gasteiger charge is 2.21. The first-order valence-corrected chi connectivity index (χ1v) is 12.1. The molecule has 1 N–H and O–H groups in total. The van der Waals surface area contributed by atoms with Crippen LogP contribution in [0.2, 0.25) is 5.28 Å². The van der Waals surface area contributed by atoms with E-state index in [0.29, 0.717) is 54.3 Å². The van der Waals surface area contributed by atoms with Gasteiger partial charge in [0.1, 0.15) is 22.6 Å². The van der Waals surface area contributed by atoms with E-state index in [1.807, 2.05) is 0 Å². The molecule has 1 atom stereocenters. The first kappa shape index (κ1) is 23.6. The first-order chi connectivity index (χ1) is 16.0. The van der Waals surface area contributed by atoms with Crippen LogP contribution in [0.5, 0.6) is 5.75 Å². The zero-order valence-corrected chi connectivity index (χ0v) is 19.5. The summed E-state index contributed by atoms with van der Waals surface area (Å²) in [6.45, 7) is 1.83. The van der Waals surface area contributed by atoms with Crippen molar-refractivity contribution in [2.75, 3.05) is 55.5 Å². The van der Waals surface area contributed by atoms with Gasteiger partial charge in [0.2, 0.25) is 5.28 Å². The predicted octanol–water partition coefficient (Wildman–Crippen LogP) is 4.37. The van der Waals surface area contributed by atoms with Crippen LogP contribution in [0.4, 0.5) is 20.3 Å². The van der Waals surface area contributed by atoms with Crippen molar-refractivity contribution in [1.82, 2.24) is 9.97 Å². The highest BCUT2D eigenvalue weighted by atomic mass is 35.5. The second-order valence-corrected chi connectivity index (χ2v) is 8.99. The molecule has 1 aliphatic rings. The topological polar surface area (TPSA) is 76.6 Å². The highest BCUT2D eigenvalue weighted by molar-refractivity contribution is 7.86. The van der Waals surface area contributed by atoms with E-state index in [2.05, 4.69) is 19.6 Å². The lowest BCUT2D eigenvalue weighted by atomic mass is 10.0. The van der Waals surface area contributed by atoms with Gasteiger partial charge >= 0.3 is 0 Å². The number of morpholine rings is 1. The first-order valence-electron chi connectivity index (χ1n) is 10.4. The molecule has 1 aromatic heterocycles. The van der Waals surface area contributed by atoms with E-state index in [1.165, 1.54) is 13.2 Å². The summed E-state index contributed by atoms with van der Waals surface area (Å²) < 4.78 is 53.6. The second kappa shape index (κ2) is 10.6. The molecule has 3 aromatic rings. The number of methoxy groups -OCH3 is 1. The van der Waals surface area contributed by atoms with Crippen LogP contribution in [0, 0.1) is 5.82 Å². The summed E-state index contributed by atoms with van der Waals surface area (Å²) in [6, 6.07) is 8.22. The zero-order valence-electron chi connectivity index (χ0n) is 17.9. The fourth-order valence-corrected chi connectivity index (χ4v) is 4.73. The van der Waals surface area contributed by atoms with Gasteiger partial charge in [0.25, 0.3) is 0 Å². The van der Waals surface area contributed by atoms with Crippen molar-refractivity contribution in [2.45, 2.75) is 6.42 Å². The summed E-state index contributed by atoms with van der Waals surface area (Å²) in [7, 11) is -0.111. The molecule has 0 saturated carbocycles. The summed E-state index contributed by atoms with van der Waals surface area (Å²) >= 11 is 6.18. The molecule has 0 amide bonds. The fraction of sp³-hybridized carbons (Fsp3) is 0.364. The number of ether oxygens (including phenoxy) is 2. The third-order valence-corrected chi connectivity index (χ3v) is 6.53. The molecule has 0 spiro atoms. The maximum atomic E-state index is 15.5. The molecule has 176 valence electrons. The average Bonchev–Trinajstić information content (AvgIpc) is 2.83. The van der Waals surface area contributed by atoms with Crippen molar-refractivity contribution in [3.8, 4) is 16.9 Å². The fourth-order valence-electron chi connectivity index (χ4n) is 3.69. The van der Waals surface area contributed by atoms with Gasteiger partial charge in [-0.05, 0) is 30.2 Å². The minimum atomic E-state index is -1.60. The van der Waals surface area contributed by atoms with E-state index in [-0.39, 0.29) is 28.7 Å². The number of nitrogens with one attached hydrogen (secondary N) is 1. The SMILES string of the molecule is COc1cc2nc(Cl)nc(N3CCOCC3)c2cc1-c1cccc(NS(=O)CCCF)c1F. The van der Waals surface area contributed by atoms with Gasteiger partial charge in [0.15, 0.2) is 5.82 Å². The Labute approximate surface area is 197 Å². The highest BCUT2D eigenvalue weighted by Crippen LogP contribution is 2.39. The third kappa shape index (κ3) is 5.18. The Balaban J connectivity index is 1.81. The van der Waals surface area contributed by atoms with E-state index in [0.717, 1.165) is 0 Å². The van der Waals surface area contributed by atoms with Gasteiger partial charge in [-0.1, -0.05) is 12.1 Å². The van der Waals surface area contributed by atoms with Crippen molar-refractivity contribution >= 4 is 45.0 Å². The Morgan fingerprint density at radius 3 is 2.76 bits per heavy atom. The van der Waals surface area contributed by atoms with Crippen molar-refractivity contribution in [3.05, 3.63) is 41.4 Å². The van der Waals surface area contributed by atoms with E-state index >= 15 is 4.39 Å². The van der Waals surface area contributed by atoms with Crippen LogP contribution >= 0.6 is 11.6 Å². The smallest absolute Gasteiger partial charge is 0.224 e. The molecule has 2 aromatic carbocycles. The standard InChI is InChI=1S/C22H23ClF2N4O3S/c1-31-19-13-18-16(21(27-22(23)26-18)29-7-9-32-10-8-29)12-15(19)14-4-2-5-17(20(14)25)28-33(30)11-3-6-24/h2,4-5,12-13,28H,3,6-11H2,1H3. The largest absolute Gasteiger partial charge is 0.496 e. The maximum absolute atomic E-state index is 15.5. The number of hydrogen-bond donors (Lipinski definition) is 1. The molecule has 0 radical (unpaired) electrons. The number of nitrogens with zero attached hydrogens (tertiary/aromatic N) is 3. The number of halogens is 3. The summed E-state index contributed by atoms with van der Waals surface area (Å²) in [5.74, 6) is 0.533. The van der Waals surface area contributed by atoms with Gasteiger partial charge in [0.05, 0.1) is 38.2 Å². The Morgan fingerprint density at radius 1 is 1.24 bits per heavy atom. The number of fused-ring (bicyclic) bond motifs is 1. The van der Waals surface area contributed by atoms with Gasteiger partial charge in [-0.2, -0.15) is 4.98 Å². The third-order valence-electron chi connectivity index (χ3n) is 5.26. The number of benzene rings is 2. The zero-order chi connectivity index (χ0) is 23.4. The molecule has 33 heavy (non-hydrogen) atoms. The second-order valence-electron chi connectivity index (χ2n) is 7.35. The van der Waals surface area contributed by atoms with Gasteiger partial charge < -0.3 is 19.1 Å². The summed E-state index contributed by atoms with van der Waals surface area (Å²) in [5, 5.41) is 0.799. The van der Waals surface area contributed by atoms with Crippen molar-refractivity contribution in [1.29, 1.82) is 0 Å². The monoisotopic (exact) mass is 496 g/mol. The van der Waals surface area contributed by atoms with E-state index < -0.39 is 23.5 Å². The van der Waals surface area contributed by atoms with Gasteiger partial charge in [0, 0.05) is 41.4 Å². The molecule has 1 aliphatic heterocycles. The summed E-state index contributed by atoms with van der Waals surface area (Å²) in [4.78, 5) is 10.8. The average molecular weight is 497 g/mol. The van der Waals surface area contributed by atoms with Crippen LogP contribution in [0.25, 0.3) is 22.0 Å². The predicted molar refractivity (Wildman–Crippen MR) is 127 cm³/mol. The molecule has 0 bridgehead atoms. The normalized spacial score (nSPS) is 15.0. The molecule has 4 rings (SSSR count). The van der Waals surface area contributed by atoms with Crippen LogP contribution in [0.3, 0.4) is 0 Å². The Hall–Kier alpha value is -2.56. The Kier molecular flexibility index (Phi) is 7.56.